The Kier molecular flexibility index (Phi) is 6.29. The first kappa shape index (κ1) is 16.3. The van der Waals surface area contributed by atoms with Crippen LogP contribution in [0.2, 0.25) is 0 Å². The second-order valence-corrected chi connectivity index (χ2v) is 5.53. The fraction of sp³-hybridized carbons (Fsp3) is 0.786. The van der Waals surface area contributed by atoms with E-state index in [1.807, 2.05) is 13.8 Å². The summed E-state index contributed by atoms with van der Waals surface area (Å²) in [6.07, 6.45) is 2.13. The standard InChI is InChI=1S/C14H23N3O3/c1-11(2)17(8-4-6-15)14(20)16-7-3-5-12(10-16)9-13(18)19/h11-12H,3-5,7-10H2,1-2H3,(H,18,19). The summed E-state index contributed by atoms with van der Waals surface area (Å²) < 4.78 is 0. The monoisotopic (exact) mass is 281 g/mol. The number of carboxylic acid groups (broad SMARTS) is 1. The fourth-order valence-electron chi connectivity index (χ4n) is 2.58. The minimum absolute atomic E-state index is 0.0372. The number of piperidine rings is 1. The Balaban J connectivity index is 2.64. The van der Waals surface area contributed by atoms with E-state index in [9.17, 15) is 9.59 Å². The third-order valence-corrected chi connectivity index (χ3v) is 3.59. The number of carbonyl (C=O) groups is 2. The molecule has 1 atom stereocenters. The lowest BCUT2D eigenvalue weighted by Crippen LogP contribution is -2.50. The average Bonchev–Trinajstić information content (AvgIpc) is 2.38. The zero-order valence-electron chi connectivity index (χ0n) is 12.2. The van der Waals surface area contributed by atoms with E-state index in [1.54, 1.807) is 9.80 Å². The van der Waals surface area contributed by atoms with Gasteiger partial charge < -0.3 is 14.9 Å². The molecule has 0 aliphatic carbocycles. The first-order chi connectivity index (χ1) is 9.45. The maximum Gasteiger partial charge on any atom is 0.320 e. The predicted molar refractivity (Wildman–Crippen MR) is 74.0 cm³/mol. The Morgan fingerprint density at radius 3 is 2.75 bits per heavy atom. The summed E-state index contributed by atoms with van der Waals surface area (Å²) in [5.41, 5.74) is 0. The molecule has 6 heteroatoms. The van der Waals surface area contributed by atoms with Gasteiger partial charge in [0.05, 0.1) is 12.5 Å². The molecule has 1 saturated heterocycles. The van der Waals surface area contributed by atoms with Gasteiger partial charge >= 0.3 is 12.0 Å². The van der Waals surface area contributed by atoms with Crippen molar-refractivity contribution in [2.45, 2.75) is 45.6 Å². The van der Waals surface area contributed by atoms with Crippen molar-refractivity contribution in [1.82, 2.24) is 9.80 Å². The average molecular weight is 281 g/mol. The number of carbonyl (C=O) groups excluding carboxylic acids is 1. The van der Waals surface area contributed by atoms with Crippen molar-refractivity contribution < 1.29 is 14.7 Å². The van der Waals surface area contributed by atoms with Gasteiger partial charge in [0.25, 0.3) is 0 Å². The van der Waals surface area contributed by atoms with Crippen molar-refractivity contribution in [2.75, 3.05) is 19.6 Å². The van der Waals surface area contributed by atoms with Crippen molar-refractivity contribution >= 4 is 12.0 Å². The maximum absolute atomic E-state index is 12.5. The molecule has 0 saturated carbocycles. The zero-order chi connectivity index (χ0) is 15.1. The van der Waals surface area contributed by atoms with Crippen molar-refractivity contribution in [1.29, 1.82) is 5.26 Å². The molecule has 1 heterocycles. The van der Waals surface area contributed by atoms with Crippen LogP contribution < -0.4 is 0 Å². The summed E-state index contributed by atoms with van der Waals surface area (Å²) in [5, 5.41) is 17.5. The lowest BCUT2D eigenvalue weighted by Gasteiger charge is -2.37. The quantitative estimate of drug-likeness (QED) is 0.834. The van der Waals surface area contributed by atoms with Gasteiger partial charge in [-0.05, 0) is 32.6 Å². The minimum Gasteiger partial charge on any atom is -0.481 e. The van der Waals surface area contributed by atoms with Gasteiger partial charge in [0, 0.05) is 32.1 Å². The van der Waals surface area contributed by atoms with Crippen LogP contribution >= 0.6 is 0 Å². The lowest BCUT2D eigenvalue weighted by atomic mass is 9.95. The number of carboxylic acids is 1. The maximum atomic E-state index is 12.5. The van der Waals surface area contributed by atoms with Crippen LogP contribution in [0.15, 0.2) is 0 Å². The largest absolute Gasteiger partial charge is 0.481 e. The Hall–Kier alpha value is -1.77. The van der Waals surface area contributed by atoms with Crippen LogP contribution in [0, 0.1) is 17.2 Å². The number of hydrogen-bond donors (Lipinski definition) is 1. The van der Waals surface area contributed by atoms with Gasteiger partial charge in [0.1, 0.15) is 0 Å². The SMILES string of the molecule is CC(C)N(CCC#N)C(=O)N1CCCC(CC(=O)O)C1. The van der Waals surface area contributed by atoms with Crippen molar-refractivity contribution in [3.05, 3.63) is 0 Å². The molecule has 1 unspecified atom stereocenters. The first-order valence-electron chi connectivity index (χ1n) is 7.10. The van der Waals surface area contributed by atoms with E-state index in [2.05, 4.69) is 6.07 Å². The lowest BCUT2D eigenvalue weighted by molar-refractivity contribution is -0.138. The molecule has 112 valence electrons. The highest BCUT2D eigenvalue weighted by Crippen LogP contribution is 2.21. The summed E-state index contributed by atoms with van der Waals surface area (Å²) in [6.45, 7) is 5.45. The van der Waals surface area contributed by atoms with Crippen LogP contribution in [-0.2, 0) is 4.79 Å². The highest BCUT2D eigenvalue weighted by atomic mass is 16.4. The first-order valence-corrected chi connectivity index (χ1v) is 7.10. The van der Waals surface area contributed by atoms with Gasteiger partial charge in [-0.15, -0.1) is 0 Å². The molecule has 1 rings (SSSR count). The second-order valence-electron chi connectivity index (χ2n) is 5.53. The van der Waals surface area contributed by atoms with E-state index in [0.29, 0.717) is 26.1 Å². The number of nitrogens with zero attached hydrogens (tertiary/aromatic N) is 3. The molecule has 2 amide bonds. The molecule has 1 fully saturated rings. The van der Waals surface area contributed by atoms with Crippen LogP contribution in [0.1, 0.15) is 39.5 Å². The molecule has 0 bridgehead atoms. The molecule has 6 nitrogen and oxygen atoms in total. The molecule has 0 aromatic carbocycles. The topological polar surface area (TPSA) is 84.6 Å². The minimum atomic E-state index is -0.811. The molecule has 0 radical (unpaired) electrons. The number of hydrogen-bond acceptors (Lipinski definition) is 3. The Labute approximate surface area is 120 Å². The number of rotatable bonds is 5. The normalized spacial score (nSPS) is 18.7. The molecule has 0 aromatic heterocycles. The van der Waals surface area contributed by atoms with Crippen LogP contribution in [0.5, 0.6) is 0 Å². The van der Waals surface area contributed by atoms with Gasteiger partial charge in [-0.1, -0.05) is 0 Å². The molecule has 1 aliphatic heterocycles. The number of likely N-dealkylation sites (tertiary alicyclic amines) is 1. The van der Waals surface area contributed by atoms with Gasteiger partial charge in [-0.3, -0.25) is 4.79 Å². The molecular formula is C14H23N3O3. The Morgan fingerprint density at radius 1 is 1.50 bits per heavy atom. The second kappa shape index (κ2) is 7.73. The molecule has 0 aromatic rings. The number of nitriles is 1. The van der Waals surface area contributed by atoms with E-state index >= 15 is 0 Å². The molecule has 1 aliphatic rings. The number of aliphatic carboxylic acids is 1. The van der Waals surface area contributed by atoms with Crippen LogP contribution in [0.3, 0.4) is 0 Å². The number of urea groups is 1. The highest BCUT2D eigenvalue weighted by molar-refractivity contribution is 5.75. The van der Waals surface area contributed by atoms with Gasteiger partial charge in [-0.2, -0.15) is 5.26 Å². The smallest absolute Gasteiger partial charge is 0.320 e. The van der Waals surface area contributed by atoms with E-state index in [0.717, 1.165) is 12.8 Å². The van der Waals surface area contributed by atoms with E-state index in [4.69, 9.17) is 10.4 Å². The van der Waals surface area contributed by atoms with Gasteiger partial charge in [0.15, 0.2) is 0 Å². The van der Waals surface area contributed by atoms with Gasteiger partial charge in [0.2, 0.25) is 0 Å². The van der Waals surface area contributed by atoms with Crippen LogP contribution in [0.25, 0.3) is 0 Å². The fourth-order valence-corrected chi connectivity index (χ4v) is 2.58. The third-order valence-electron chi connectivity index (χ3n) is 3.59. The molecule has 20 heavy (non-hydrogen) atoms. The third kappa shape index (κ3) is 4.72. The van der Waals surface area contributed by atoms with Crippen molar-refractivity contribution in [3.8, 4) is 6.07 Å². The summed E-state index contributed by atoms with van der Waals surface area (Å²) in [4.78, 5) is 26.7. The molecule has 0 spiro atoms. The molecular weight excluding hydrogens is 258 g/mol. The van der Waals surface area contributed by atoms with Gasteiger partial charge in [-0.25, -0.2) is 4.79 Å². The summed E-state index contributed by atoms with van der Waals surface area (Å²) in [7, 11) is 0. The van der Waals surface area contributed by atoms with Crippen molar-refractivity contribution in [3.63, 3.8) is 0 Å². The predicted octanol–water partition coefficient (Wildman–Crippen LogP) is 1.92. The highest BCUT2D eigenvalue weighted by Gasteiger charge is 2.29. The van der Waals surface area contributed by atoms with Crippen LogP contribution in [0.4, 0.5) is 4.79 Å². The number of amides is 2. The zero-order valence-corrected chi connectivity index (χ0v) is 12.2. The van der Waals surface area contributed by atoms with Crippen molar-refractivity contribution in [2.24, 2.45) is 5.92 Å². The Bertz CT molecular complexity index is 390. The Morgan fingerprint density at radius 2 is 2.20 bits per heavy atom. The van der Waals surface area contributed by atoms with E-state index < -0.39 is 5.97 Å². The summed E-state index contributed by atoms with van der Waals surface area (Å²) >= 11 is 0. The summed E-state index contributed by atoms with van der Waals surface area (Å²) in [5.74, 6) is -0.773. The van der Waals surface area contributed by atoms with E-state index in [-0.39, 0.29) is 24.4 Å². The van der Waals surface area contributed by atoms with Crippen LogP contribution in [-0.4, -0.2) is 52.6 Å². The van der Waals surface area contributed by atoms with E-state index in [1.165, 1.54) is 0 Å². The molecule has 1 N–H and O–H groups in total. The summed E-state index contributed by atoms with van der Waals surface area (Å²) in [6, 6.07) is 2.01.